The molecule has 0 aliphatic carbocycles. The number of hydrogen-bond donors (Lipinski definition) is 1. The number of carbonyl (C=O) groups is 1. The Morgan fingerprint density at radius 2 is 1.91 bits per heavy atom. The number of amides is 1. The molecule has 168 valence electrons. The summed E-state index contributed by atoms with van der Waals surface area (Å²) in [4.78, 5) is 15.1. The Morgan fingerprint density at radius 1 is 1.12 bits per heavy atom. The summed E-state index contributed by atoms with van der Waals surface area (Å²) in [5, 5.41) is 7.81. The molecular formula is C25H30N4O3. The van der Waals surface area contributed by atoms with Crippen LogP contribution in [0.3, 0.4) is 0 Å². The molecule has 1 saturated heterocycles. The van der Waals surface area contributed by atoms with Gasteiger partial charge in [0.25, 0.3) is 0 Å². The maximum absolute atomic E-state index is 12.8. The highest BCUT2D eigenvalue weighted by atomic mass is 16.5. The summed E-state index contributed by atoms with van der Waals surface area (Å²) in [5.74, 6) is 0.786. The van der Waals surface area contributed by atoms with E-state index in [1.807, 2.05) is 67.1 Å². The van der Waals surface area contributed by atoms with Gasteiger partial charge in [0.1, 0.15) is 5.75 Å². The van der Waals surface area contributed by atoms with Gasteiger partial charge >= 0.3 is 0 Å². The van der Waals surface area contributed by atoms with E-state index in [-0.39, 0.29) is 5.91 Å². The van der Waals surface area contributed by atoms with Gasteiger partial charge in [-0.3, -0.25) is 4.79 Å². The minimum absolute atomic E-state index is 0.00126. The van der Waals surface area contributed by atoms with Crippen molar-refractivity contribution in [3.8, 4) is 11.4 Å². The third kappa shape index (κ3) is 4.78. The molecular weight excluding hydrogens is 404 g/mol. The van der Waals surface area contributed by atoms with E-state index in [2.05, 4.69) is 10.2 Å². The van der Waals surface area contributed by atoms with E-state index in [9.17, 15) is 4.79 Å². The van der Waals surface area contributed by atoms with E-state index in [0.29, 0.717) is 26.1 Å². The highest BCUT2D eigenvalue weighted by Gasteiger charge is 2.17. The van der Waals surface area contributed by atoms with Crippen molar-refractivity contribution in [1.29, 1.82) is 0 Å². The second-order valence-corrected chi connectivity index (χ2v) is 7.93. The van der Waals surface area contributed by atoms with E-state index >= 15 is 0 Å². The summed E-state index contributed by atoms with van der Waals surface area (Å²) >= 11 is 0. The maximum Gasteiger partial charge on any atom is 0.224 e. The molecule has 1 N–H and O–H groups in total. The van der Waals surface area contributed by atoms with Gasteiger partial charge in [0.2, 0.25) is 5.91 Å². The molecule has 32 heavy (non-hydrogen) atoms. The van der Waals surface area contributed by atoms with Crippen molar-refractivity contribution in [3.63, 3.8) is 0 Å². The van der Waals surface area contributed by atoms with Crippen molar-refractivity contribution < 1.29 is 14.3 Å². The highest BCUT2D eigenvalue weighted by Crippen LogP contribution is 2.27. The predicted molar refractivity (Wildman–Crippen MR) is 126 cm³/mol. The first kappa shape index (κ1) is 21.9. The number of benzene rings is 2. The first-order chi connectivity index (χ1) is 15.6. The minimum Gasteiger partial charge on any atom is -0.497 e. The zero-order valence-electron chi connectivity index (χ0n) is 18.9. The average Bonchev–Trinajstić information content (AvgIpc) is 3.11. The molecule has 3 aromatic rings. The van der Waals surface area contributed by atoms with Gasteiger partial charge in [0, 0.05) is 31.3 Å². The molecule has 2 aromatic carbocycles. The molecule has 0 atom stereocenters. The molecule has 7 nitrogen and oxygen atoms in total. The number of hydrogen-bond acceptors (Lipinski definition) is 5. The maximum atomic E-state index is 12.8. The predicted octanol–water partition coefficient (Wildman–Crippen LogP) is 3.91. The molecule has 4 rings (SSSR count). The lowest BCUT2D eigenvalue weighted by molar-refractivity contribution is -0.116. The van der Waals surface area contributed by atoms with Crippen molar-refractivity contribution in [1.82, 2.24) is 9.78 Å². The Labute approximate surface area is 188 Å². The van der Waals surface area contributed by atoms with E-state index in [0.717, 1.165) is 52.9 Å². The number of aryl methyl sites for hydroxylation is 1. The van der Waals surface area contributed by atoms with Crippen LogP contribution in [0.15, 0.2) is 48.5 Å². The number of ether oxygens (including phenoxy) is 2. The number of nitrogens with zero attached hydrogens (tertiary/aromatic N) is 3. The van der Waals surface area contributed by atoms with Crippen molar-refractivity contribution in [3.05, 3.63) is 65.5 Å². The Kier molecular flexibility index (Phi) is 6.75. The molecule has 7 heteroatoms. The van der Waals surface area contributed by atoms with Crippen LogP contribution in [-0.2, 0) is 16.0 Å². The number of anilines is 2. The number of rotatable bonds is 7. The SMILES string of the molecule is COc1cccc(-n2nc(C)c(CCC(=O)Nc3ccccc3N3CCOCC3)c2C)c1. The molecule has 1 aliphatic heterocycles. The topological polar surface area (TPSA) is 68.6 Å². The van der Waals surface area contributed by atoms with Crippen molar-refractivity contribution in [2.45, 2.75) is 26.7 Å². The standard InChI is InChI=1S/C25H30N4O3/c1-18-22(19(2)29(27-18)20-7-6-8-21(17-20)31-3)11-12-25(30)26-23-9-4-5-10-24(23)28-13-15-32-16-14-28/h4-10,17H,11-16H2,1-3H3,(H,26,30). The van der Waals surface area contributed by atoms with Gasteiger partial charge in [-0.25, -0.2) is 4.68 Å². The molecule has 1 aliphatic rings. The van der Waals surface area contributed by atoms with Gasteiger partial charge in [-0.1, -0.05) is 18.2 Å². The van der Waals surface area contributed by atoms with E-state index in [1.54, 1.807) is 7.11 Å². The lowest BCUT2D eigenvalue weighted by atomic mass is 10.1. The van der Waals surface area contributed by atoms with E-state index in [1.165, 1.54) is 0 Å². The van der Waals surface area contributed by atoms with Crippen LogP contribution in [0.1, 0.15) is 23.4 Å². The lowest BCUT2D eigenvalue weighted by Gasteiger charge is -2.30. The Morgan fingerprint density at radius 3 is 2.69 bits per heavy atom. The summed E-state index contributed by atoms with van der Waals surface area (Å²) < 4.78 is 12.7. The number of para-hydroxylation sites is 2. The zero-order valence-corrected chi connectivity index (χ0v) is 18.9. The number of methoxy groups -OCH3 is 1. The third-order valence-corrected chi connectivity index (χ3v) is 5.87. The molecule has 1 fully saturated rings. The van der Waals surface area contributed by atoms with Crippen molar-refractivity contribution >= 4 is 17.3 Å². The summed E-state index contributed by atoms with van der Waals surface area (Å²) in [5.41, 5.74) is 5.91. The minimum atomic E-state index is -0.00126. The zero-order chi connectivity index (χ0) is 22.5. The van der Waals surface area contributed by atoms with Crippen LogP contribution in [-0.4, -0.2) is 49.1 Å². The molecule has 1 amide bonds. The van der Waals surface area contributed by atoms with E-state index < -0.39 is 0 Å². The van der Waals surface area contributed by atoms with Crippen molar-refractivity contribution in [2.75, 3.05) is 43.6 Å². The third-order valence-electron chi connectivity index (χ3n) is 5.87. The summed E-state index contributed by atoms with van der Waals surface area (Å²) in [6, 6.07) is 15.8. The second-order valence-electron chi connectivity index (χ2n) is 7.93. The van der Waals surface area contributed by atoms with Crippen molar-refractivity contribution in [2.24, 2.45) is 0 Å². The smallest absolute Gasteiger partial charge is 0.224 e. The first-order valence-electron chi connectivity index (χ1n) is 11.0. The van der Waals surface area contributed by atoms with Gasteiger partial charge in [-0.2, -0.15) is 5.10 Å². The number of morpholine rings is 1. The summed E-state index contributed by atoms with van der Waals surface area (Å²) in [6.07, 6.45) is 1.02. The Balaban J connectivity index is 1.44. The van der Waals surface area contributed by atoms with E-state index in [4.69, 9.17) is 14.6 Å². The lowest BCUT2D eigenvalue weighted by Crippen LogP contribution is -2.36. The normalized spacial score (nSPS) is 13.8. The fourth-order valence-corrected chi connectivity index (χ4v) is 4.14. The van der Waals surface area contributed by atoms with Crippen LogP contribution >= 0.6 is 0 Å². The monoisotopic (exact) mass is 434 g/mol. The Hall–Kier alpha value is -3.32. The van der Waals surface area contributed by atoms with Crippen LogP contribution in [0.2, 0.25) is 0 Å². The van der Waals surface area contributed by atoms with Gasteiger partial charge in [-0.05, 0) is 50.1 Å². The quantitative estimate of drug-likeness (QED) is 0.611. The van der Waals surface area contributed by atoms with Gasteiger partial charge in [0.05, 0.1) is 43.1 Å². The largest absolute Gasteiger partial charge is 0.497 e. The molecule has 0 saturated carbocycles. The van der Waals surface area contributed by atoms with Crippen LogP contribution in [0, 0.1) is 13.8 Å². The number of nitrogens with one attached hydrogen (secondary N) is 1. The first-order valence-corrected chi connectivity index (χ1v) is 11.0. The van der Waals surface area contributed by atoms with Crippen LogP contribution < -0.4 is 15.0 Å². The summed E-state index contributed by atoms with van der Waals surface area (Å²) in [6.45, 7) is 7.10. The molecule has 2 heterocycles. The molecule has 0 radical (unpaired) electrons. The second kappa shape index (κ2) is 9.87. The molecule has 0 unspecified atom stereocenters. The molecule has 0 spiro atoms. The fourth-order valence-electron chi connectivity index (χ4n) is 4.14. The van der Waals surface area contributed by atoms with Crippen LogP contribution in [0.4, 0.5) is 11.4 Å². The Bertz CT molecular complexity index is 1090. The molecule has 0 bridgehead atoms. The molecule has 1 aromatic heterocycles. The average molecular weight is 435 g/mol. The fraction of sp³-hybridized carbons (Fsp3) is 0.360. The number of carbonyl (C=O) groups excluding carboxylic acids is 1. The van der Waals surface area contributed by atoms with Gasteiger partial charge < -0.3 is 19.7 Å². The van der Waals surface area contributed by atoms with Gasteiger partial charge in [0.15, 0.2) is 0 Å². The van der Waals surface area contributed by atoms with Crippen LogP contribution in [0.5, 0.6) is 5.75 Å². The number of aromatic nitrogens is 2. The van der Waals surface area contributed by atoms with Gasteiger partial charge in [-0.15, -0.1) is 0 Å². The summed E-state index contributed by atoms with van der Waals surface area (Å²) in [7, 11) is 1.65. The highest BCUT2D eigenvalue weighted by molar-refractivity contribution is 5.94. The van der Waals surface area contributed by atoms with Crippen LogP contribution in [0.25, 0.3) is 5.69 Å².